The van der Waals surface area contributed by atoms with Gasteiger partial charge in [0.25, 0.3) is 0 Å². The van der Waals surface area contributed by atoms with Crippen molar-refractivity contribution in [1.82, 2.24) is 19.5 Å². The van der Waals surface area contributed by atoms with Gasteiger partial charge in [-0.1, -0.05) is 183 Å². The van der Waals surface area contributed by atoms with Crippen LogP contribution in [0.1, 0.15) is 144 Å². The summed E-state index contributed by atoms with van der Waals surface area (Å²) in [5.41, 5.74) is 17.4. The number of anilines is 2. The molecule has 1 aliphatic heterocycles. The molecule has 6 aromatic carbocycles. The third kappa shape index (κ3) is 8.81. The number of hydrogen-bond donors (Lipinski definition) is 0. The molecule has 3 heterocycles. The van der Waals surface area contributed by atoms with E-state index in [1.165, 1.54) is 66.6 Å². The van der Waals surface area contributed by atoms with Gasteiger partial charge < -0.3 is 9.47 Å². The molecule has 0 spiro atoms. The summed E-state index contributed by atoms with van der Waals surface area (Å²) >= 11 is 0. The highest BCUT2D eigenvalue weighted by atomic mass is 15.2. The summed E-state index contributed by atoms with van der Waals surface area (Å²) in [6.45, 7) is 36.4. The fourth-order valence-electron chi connectivity index (χ4n) is 9.56. The smallest absolute Gasteiger partial charge is 0.166 e. The van der Waals surface area contributed by atoms with Crippen LogP contribution in [0.5, 0.6) is 0 Å². The van der Waals surface area contributed by atoms with Gasteiger partial charge in [0.1, 0.15) is 0 Å². The normalized spacial score (nSPS) is 13.9. The van der Waals surface area contributed by atoms with Crippen LogP contribution in [0.25, 0.3) is 61.7 Å². The molecule has 5 nitrogen and oxygen atoms in total. The summed E-state index contributed by atoms with van der Waals surface area (Å²) in [7, 11) is 0. The van der Waals surface area contributed by atoms with Gasteiger partial charge in [-0.05, 0) is 122 Å². The van der Waals surface area contributed by atoms with Crippen LogP contribution in [0.15, 0.2) is 133 Å². The van der Waals surface area contributed by atoms with Crippen LogP contribution in [0, 0.1) is 0 Å². The molecule has 1 aliphatic rings. The number of fused-ring (bicyclic) bond motifs is 4. The molecule has 8 aromatic rings. The highest BCUT2D eigenvalue weighted by Crippen LogP contribution is 2.45. The second kappa shape index (κ2) is 16.4. The molecule has 0 radical (unpaired) electrons. The largest absolute Gasteiger partial charge is 0.314 e. The minimum absolute atomic E-state index is 0.00292. The zero-order valence-corrected chi connectivity index (χ0v) is 43.6. The minimum atomic E-state index is -0.00292. The molecule has 0 aliphatic carbocycles. The van der Waals surface area contributed by atoms with Crippen molar-refractivity contribution in [2.45, 2.75) is 144 Å². The van der Waals surface area contributed by atoms with Gasteiger partial charge in [0, 0.05) is 44.5 Å². The highest BCUT2D eigenvalue weighted by molar-refractivity contribution is 6.10. The lowest BCUT2D eigenvalue weighted by Crippen LogP contribution is -2.22. The Bertz CT molecular complexity index is 3110. The van der Waals surface area contributed by atoms with Gasteiger partial charge in [0.15, 0.2) is 17.5 Å². The summed E-state index contributed by atoms with van der Waals surface area (Å²) in [6, 6.07) is 45.5. The maximum atomic E-state index is 5.48. The summed E-state index contributed by atoms with van der Waals surface area (Å²) in [5, 5.41) is 2.51. The predicted molar refractivity (Wildman–Crippen MR) is 290 cm³/mol. The van der Waals surface area contributed by atoms with E-state index < -0.39 is 0 Å². The highest BCUT2D eigenvalue weighted by Gasteiger charge is 2.28. The lowest BCUT2D eigenvalue weighted by molar-refractivity contribution is 0.589. The Morgan fingerprint density at radius 3 is 1.25 bits per heavy atom. The molecule has 0 atom stereocenters. The maximum absolute atomic E-state index is 5.48. The molecular weight excluding hydrogens is 827 g/mol. The Morgan fingerprint density at radius 2 is 0.794 bits per heavy atom. The third-order valence-corrected chi connectivity index (χ3v) is 14.0. The van der Waals surface area contributed by atoms with Gasteiger partial charge in [-0.15, -0.1) is 0 Å². The van der Waals surface area contributed by atoms with Crippen molar-refractivity contribution >= 4 is 33.2 Å². The fraction of sp³-hybridized carbons (Fsp3) is 0.349. The second-order valence-electron chi connectivity index (χ2n) is 24.4. The molecule has 5 heteroatoms. The van der Waals surface area contributed by atoms with Crippen LogP contribution in [0.2, 0.25) is 0 Å². The van der Waals surface area contributed by atoms with E-state index in [1.807, 2.05) is 0 Å². The van der Waals surface area contributed by atoms with E-state index in [9.17, 15) is 0 Å². The van der Waals surface area contributed by atoms with Crippen LogP contribution in [0.3, 0.4) is 0 Å². The zero-order valence-electron chi connectivity index (χ0n) is 43.6. The Balaban J connectivity index is 1.34. The quantitative estimate of drug-likeness (QED) is 0.173. The standard InChI is InChI=1S/C63H71N5/c1-39-17-18-42-35-45(61(8,9)10)27-31-52(42)67(39)55-34-30-48(68-53-32-28-46(62(11,12)13)36-49(53)50-37-47(63(14,15)16)29-33-54(50)68)38-51(55)58-65-56(40-19-23-43(24-20-40)59(2,3)4)64-57(66-58)41-21-25-44(26-22-41)60(5,6)7/h17,19-38H,18H2,1-16H3. The first-order valence-corrected chi connectivity index (χ1v) is 24.6. The molecule has 68 heavy (non-hydrogen) atoms. The zero-order chi connectivity index (χ0) is 48.9. The van der Waals surface area contributed by atoms with Crippen molar-refractivity contribution in [2.24, 2.45) is 0 Å². The van der Waals surface area contributed by atoms with Gasteiger partial charge in [-0.3, -0.25) is 0 Å². The number of allylic oxidation sites excluding steroid dienone is 2. The van der Waals surface area contributed by atoms with Crippen LogP contribution in [-0.2, 0) is 33.5 Å². The topological polar surface area (TPSA) is 46.8 Å². The molecule has 0 bridgehead atoms. The number of nitrogens with zero attached hydrogens (tertiary/aromatic N) is 5. The van der Waals surface area contributed by atoms with Crippen LogP contribution in [0.4, 0.5) is 11.4 Å². The Labute approximate surface area is 406 Å². The predicted octanol–water partition coefficient (Wildman–Crippen LogP) is 17.1. The average molecular weight is 898 g/mol. The molecule has 0 saturated heterocycles. The van der Waals surface area contributed by atoms with E-state index >= 15 is 0 Å². The van der Waals surface area contributed by atoms with Crippen molar-refractivity contribution in [3.63, 3.8) is 0 Å². The van der Waals surface area contributed by atoms with Crippen LogP contribution < -0.4 is 4.90 Å². The maximum Gasteiger partial charge on any atom is 0.166 e. The summed E-state index contributed by atoms with van der Waals surface area (Å²) < 4.78 is 2.44. The van der Waals surface area contributed by atoms with Gasteiger partial charge in [0.2, 0.25) is 0 Å². The van der Waals surface area contributed by atoms with E-state index in [1.54, 1.807) is 0 Å². The van der Waals surface area contributed by atoms with E-state index in [0.717, 1.165) is 34.5 Å². The van der Waals surface area contributed by atoms with Crippen molar-refractivity contribution in [3.8, 4) is 39.9 Å². The van der Waals surface area contributed by atoms with Gasteiger partial charge in [-0.25, -0.2) is 15.0 Å². The Morgan fingerprint density at radius 1 is 0.397 bits per heavy atom. The van der Waals surface area contributed by atoms with E-state index in [-0.39, 0.29) is 27.1 Å². The van der Waals surface area contributed by atoms with Crippen molar-refractivity contribution in [3.05, 3.63) is 166 Å². The van der Waals surface area contributed by atoms with Crippen LogP contribution in [-0.4, -0.2) is 19.5 Å². The molecule has 0 fully saturated rings. The van der Waals surface area contributed by atoms with Gasteiger partial charge in [-0.2, -0.15) is 0 Å². The Hall–Kier alpha value is -6.33. The van der Waals surface area contributed by atoms with E-state index in [2.05, 4.69) is 248 Å². The molecule has 0 N–H and O–H groups in total. The monoisotopic (exact) mass is 898 g/mol. The number of rotatable bonds is 5. The third-order valence-electron chi connectivity index (χ3n) is 14.0. The first kappa shape index (κ1) is 46.8. The first-order valence-electron chi connectivity index (χ1n) is 24.6. The number of hydrogen-bond acceptors (Lipinski definition) is 4. The Kier molecular flexibility index (Phi) is 11.3. The van der Waals surface area contributed by atoms with Crippen molar-refractivity contribution < 1.29 is 0 Å². The summed E-state index contributed by atoms with van der Waals surface area (Å²) in [5.74, 6) is 1.91. The lowest BCUT2D eigenvalue weighted by atomic mass is 9.84. The van der Waals surface area contributed by atoms with Gasteiger partial charge >= 0.3 is 0 Å². The van der Waals surface area contributed by atoms with E-state index in [4.69, 9.17) is 15.0 Å². The molecule has 348 valence electrons. The molecule has 2 aromatic heterocycles. The molecule has 0 unspecified atom stereocenters. The van der Waals surface area contributed by atoms with Crippen molar-refractivity contribution in [1.29, 1.82) is 0 Å². The van der Waals surface area contributed by atoms with Gasteiger partial charge in [0.05, 0.1) is 16.7 Å². The number of aromatic nitrogens is 4. The van der Waals surface area contributed by atoms with Crippen LogP contribution >= 0.6 is 0 Å². The first-order chi connectivity index (χ1) is 31.8. The molecule has 0 saturated carbocycles. The molecule has 0 amide bonds. The molecular formula is C63H71N5. The summed E-state index contributed by atoms with van der Waals surface area (Å²) in [6.07, 6.45) is 3.23. The van der Waals surface area contributed by atoms with E-state index in [0.29, 0.717) is 17.5 Å². The lowest BCUT2D eigenvalue weighted by Gasteiger charge is -2.34. The average Bonchev–Trinajstić information content (AvgIpc) is 3.60. The SMILES string of the molecule is CC1=CCc2cc(C(C)(C)C)ccc2N1c1ccc(-n2c3ccc(C(C)(C)C)cc3c3cc(C(C)(C)C)ccc32)cc1-c1nc(-c2ccc(C(C)(C)C)cc2)nc(-c2ccc(C(C)(C)C)cc2)n1. The molecule has 9 rings (SSSR count). The summed E-state index contributed by atoms with van der Waals surface area (Å²) in [4.78, 5) is 18.6. The number of benzene rings is 6. The van der Waals surface area contributed by atoms with Crippen molar-refractivity contribution in [2.75, 3.05) is 4.90 Å². The minimum Gasteiger partial charge on any atom is -0.314 e. The fourth-order valence-corrected chi connectivity index (χ4v) is 9.56. The second-order valence-corrected chi connectivity index (χ2v) is 24.4.